The van der Waals surface area contributed by atoms with Crippen molar-refractivity contribution in [3.63, 3.8) is 0 Å². The summed E-state index contributed by atoms with van der Waals surface area (Å²) in [5.74, 6) is -0.377. The average molecular weight is 618 g/mol. The Labute approximate surface area is 262 Å². The van der Waals surface area contributed by atoms with E-state index >= 15 is 0 Å². The van der Waals surface area contributed by atoms with Crippen molar-refractivity contribution >= 4 is 33.8 Å². The lowest BCUT2D eigenvalue weighted by Crippen LogP contribution is -2.46. The Morgan fingerprint density at radius 1 is 0.909 bits per heavy atom. The molecule has 0 spiro atoms. The van der Waals surface area contributed by atoms with Crippen LogP contribution in [0, 0.1) is 6.92 Å². The summed E-state index contributed by atoms with van der Waals surface area (Å²) in [6.07, 6.45) is 6.75. The third-order valence-electron chi connectivity index (χ3n) is 7.94. The number of rotatable bonds is 13. The number of likely N-dealkylation sites (tertiary alicyclic amines) is 1. The standard InChI is InChI=1S/C34H43N5O4S/c1-3-4-5-6-13-20-35-34(41)37-31-29(23-25(2)24-30(31)38-44(42)43)33(40)36-28-18-21-39(22-19-28)32(26-14-9-7-10-15-26)27-16-11-8-12-17-27/h7-12,14-17,23-24,28,32H,3-6,13,18-22H2,1-2H3,(H,36,40)(H2,35,37,41). The summed E-state index contributed by atoms with van der Waals surface area (Å²) in [6.45, 7) is 5.96. The molecule has 234 valence electrons. The molecule has 1 fully saturated rings. The van der Waals surface area contributed by atoms with Gasteiger partial charge in [0.1, 0.15) is 5.69 Å². The number of amides is 3. The maximum absolute atomic E-state index is 13.6. The zero-order valence-corrected chi connectivity index (χ0v) is 26.4. The van der Waals surface area contributed by atoms with Crippen LogP contribution in [-0.2, 0) is 10.5 Å². The first-order valence-corrected chi connectivity index (χ1v) is 16.5. The number of unbranched alkanes of at least 4 members (excludes halogenated alkanes) is 4. The van der Waals surface area contributed by atoms with E-state index in [1.54, 1.807) is 19.1 Å². The number of carbonyl (C=O) groups is 2. The molecule has 0 aromatic heterocycles. The van der Waals surface area contributed by atoms with Gasteiger partial charge in [0.05, 0.1) is 17.3 Å². The lowest BCUT2D eigenvalue weighted by atomic mass is 9.94. The van der Waals surface area contributed by atoms with Crippen molar-refractivity contribution in [3.8, 4) is 0 Å². The Hall–Kier alpha value is -4.02. The minimum absolute atomic E-state index is 0.0185. The van der Waals surface area contributed by atoms with E-state index in [-0.39, 0.29) is 34.9 Å². The highest BCUT2D eigenvalue weighted by molar-refractivity contribution is 7.61. The second kappa shape index (κ2) is 16.7. The number of hydrogen-bond donors (Lipinski definition) is 3. The van der Waals surface area contributed by atoms with Gasteiger partial charge in [0.15, 0.2) is 0 Å². The van der Waals surface area contributed by atoms with Crippen molar-refractivity contribution in [2.75, 3.05) is 25.0 Å². The molecule has 3 aromatic rings. The molecule has 10 heteroatoms. The molecule has 1 heterocycles. The molecular weight excluding hydrogens is 574 g/mol. The number of nitrogens with one attached hydrogen (secondary N) is 3. The van der Waals surface area contributed by atoms with Gasteiger partial charge in [-0.2, -0.15) is 8.42 Å². The van der Waals surface area contributed by atoms with Gasteiger partial charge in [-0.25, -0.2) is 4.79 Å². The Bertz CT molecular complexity index is 1470. The van der Waals surface area contributed by atoms with Gasteiger partial charge in [-0.1, -0.05) is 93.3 Å². The fourth-order valence-corrected chi connectivity index (χ4v) is 6.07. The molecule has 1 aliphatic heterocycles. The molecular formula is C34H43N5O4S. The lowest BCUT2D eigenvalue weighted by Gasteiger charge is -2.38. The number of anilines is 1. The van der Waals surface area contributed by atoms with Crippen LogP contribution in [0.3, 0.4) is 0 Å². The van der Waals surface area contributed by atoms with Crippen LogP contribution in [0.5, 0.6) is 0 Å². The quantitative estimate of drug-likeness (QED) is 0.183. The predicted molar refractivity (Wildman–Crippen MR) is 175 cm³/mol. The van der Waals surface area contributed by atoms with Crippen molar-refractivity contribution in [1.82, 2.24) is 15.5 Å². The van der Waals surface area contributed by atoms with E-state index in [0.29, 0.717) is 12.1 Å². The molecule has 0 atom stereocenters. The van der Waals surface area contributed by atoms with Gasteiger partial charge in [0, 0.05) is 25.7 Å². The number of hydrogen-bond acceptors (Lipinski definition) is 6. The fourth-order valence-electron chi connectivity index (χ4n) is 5.77. The molecule has 1 aliphatic rings. The highest BCUT2D eigenvalue weighted by Gasteiger charge is 2.29. The van der Waals surface area contributed by atoms with Gasteiger partial charge in [-0.3, -0.25) is 9.69 Å². The first-order valence-electron chi connectivity index (χ1n) is 15.5. The van der Waals surface area contributed by atoms with E-state index in [9.17, 15) is 18.0 Å². The first-order chi connectivity index (χ1) is 21.4. The topological polar surface area (TPSA) is 120 Å². The smallest absolute Gasteiger partial charge is 0.319 e. The molecule has 0 radical (unpaired) electrons. The molecule has 3 amide bonds. The molecule has 0 bridgehead atoms. The van der Waals surface area contributed by atoms with E-state index in [2.05, 4.69) is 80.7 Å². The van der Waals surface area contributed by atoms with Crippen LogP contribution in [0.1, 0.15) is 85.0 Å². The van der Waals surface area contributed by atoms with E-state index in [0.717, 1.165) is 58.0 Å². The second-order valence-corrected chi connectivity index (χ2v) is 11.9. The minimum Gasteiger partial charge on any atom is -0.349 e. The van der Waals surface area contributed by atoms with Gasteiger partial charge in [0.25, 0.3) is 5.91 Å². The summed E-state index contributed by atoms with van der Waals surface area (Å²) in [7, 11) is -2.76. The maximum atomic E-state index is 13.6. The molecule has 0 unspecified atom stereocenters. The van der Waals surface area contributed by atoms with E-state index < -0.39 is 16.5 Å². The highest BCUT2D eigenvalue weighted by atomic mass is 32.2. The molecule has 1 saturated heterocycles. The van der Waals surface area contributed by atoms with Crippen molar-refractivity contribution in [3.05, 3.63) is 95.1 Å². The number of carbonyl (C=O) groups excluding carboxylic acids is 2. The average Bonchev–Trinajstić information content (AvgIpc) is 3.02. The van der Waals surface area contributed by atoms with Gasteiger partial charge >= 0.3 is 16.5 Å². The third-order valence-corrected chi connectivity index (χ3v) is 8.29. The van der Waals surface area contributed by atoms with Crippen LogP contribution in [0.2, 0.25) is 0 Å². The summed E-state index contributed by atoms with van der Waals surface area (Å²) < 4.78 is 26.7. The molecule has 0 saturated carbocycles. The monoisotopic (exact) mass is 617 g/mol. The van der Waals surface area contributed by atoms with Crippen molar-refractivity contribution in [2.45, 2.75) is 70.9 Å². The Morgan fingerprint density at radius 2 is 1.52 bits per heavy atom. The van der Waals surface area contributed by atoms with Crippen molar-refractivity contribution in [1.29, 1.82) is 0 Å². The zero-order chi connectivity index (χ0) is 31.3. The van der Waals surface area contributed by atoms with Crippen LogP contribution in [-0.4, -0.2) is 50.9 Å². The largest absolute Gasteiger partial charge is 0.349 e. The maximum Gasteiger partial charge on any atom is 0.319 e. The number of aryl methyl sites for hydroxylation is 1. The van der Waals surface area contributed by atoms with Crippen LogP contribution >= 0.6 is 0 Å². The van der Waals surface area contributed by atoms with Crippen LogP contribution < -0.4 is 16.0 Å². The number of benzene rings is 3. The Kier molecular flexibility index (Phi) is 12.5. The number of urea groups is 1. The van der Waals surface area contributed by atoms with Gasteiger partial charge in [-0.05, 0) is 55.0 Å². The summed E-state index contributed by atoms with van der Waals surface area (Å²) in [5, 5.41) is 8.65. The van der Waals surface area contributed by atoms with E-state index in [4.69, 9.17) is 0 Å². The number of piperidine rings is 1. The van der Waals surface area contributed by atoms with Crippen molar-refractivity contribution in [2.24, 2.45) is 4.36 Å². The second-order valence-electron chi connectivity index (χ2n) is 11.3. The Morgan fingerprint density at radius 3 is 2.11 bits per heavy atom. The van der Waals surface area contributed by atoms with E-state index in [1.807, 2.05) is 12.1 Å². The lowest BCUT2D eigenvalue weighted by molar-refractivity contribution is 0.0901. The third kappa shape index (κ3) is 9.49. The first kappa shape index (κ1) is 32.9. The van der Waals surface area contributed by atoms with Gasteiger partial charge < -0.3 is 16.0 Å². The Balaban J connectivity index is 1.45. The van der Waals surface area contributed by atoms with Crippen LogP contribution in [0.15, 0.2) is 77.2 Å². The highest BCUT2D eigenvalue weighted by Crippen LogP contribution is 2.33. The van der Waals surface area contributed by atoms with E-state index in [1.165, 1.54) is 11.1 Å². The molecule has 4 rings (SSSR count). The zero-order valence-electron chi connectivity index (χ0n) is 25.6. The molecule has 3 N–H and O–H groups in total. The van der Waals surface area contributed by atoms with Crippen LogP contribution in [0.25, 0.3) is 0 Å². The minimum atomic E-state index is -2.76. The van der Waals surface area contributed by atoms with Crippen molar-refractivity contribution < 1.29 is 18.0 Å². The summed E-state index contributed by atoms with van der Waals surface area (Å²) in [4.78, 5) is 28.8. The number of nitrogens with zero attached hydrogens (tertiary/aromatic N) is 2. The molecule has 0 aliphatic carbocycles. The summed E-state index contributed by atoms with van der Waals surface area (Å²) >= 11 is 0. The predicted octanol–water partition coefficient (Wildman–Crippen LogP) is 6.76. The van der Waals surface area contributed by atoms with Gasteiger partial charge in [-0.15, -0.1) is 4.36 Å². The van der Waals surface area contributed by atoms with Crippen LogP contribution in [0.4, 0.5) is 16.2 Å². The SMILES string of the molecule is CCCCCCCNC(=O)Nc1c(N=S(=O)=O)cc(C)cc1C(=O)NC1CCN(C(c2ccccc2)c2ccccc2)CC1. The molecule has 3 aromatic carbocycles. The van der Waals surface area contributed by atoms with Gasteiger partial charge in [0.2, 0.25) is 0 Å². The molecule has 44 heavy (non-hydrogen) atoms. The fraction of sp³-hybridized carbons (Fsp3) is 0.412. The summed E-state index contributed by atoms with van der Waals surface area (Å²) in [6, 6.07) is 23.6. The summed E-state index contributed by atoms with van der Waals surface area (Å²) in [5.41, 5.74) is 3.38. The normalized spacial score (nSPS) is 13.8. The molecule has 9 nitrogen and oxygen atoms in total.